The minimum Gasteiger partial charge on any atom is -0.397 e. The zero-order valence-corrected chi connectivity index (χ0v) is 8.38. The summed E-state index contributed by atoms with van der Waals surface area (Å²) in [4.78, 5) is 4.22. The van der Waals surface area contributed by atoms with Crippen molar-refractivity contribution in [3.05, 3.63) is 24.3 Å². The van der Waals surface area contributed by atoms with Gasteiger partial charge in [-0.1, -0.05) is 12.1 Å². The van der Waals surface area contributed by atoms with Gasteiger partial charge in [0.15, 0.2) is 0 Å². The minimum atomic E-state index is -4.20. The van der Waals surface area contributed by atoms with Crippen LogP contribution in [0.2, 0.25) is 0 Å². The van der Waals surface area contributed by atoms with Crippen molar-refractivity contribution in [3.8, 4) is 0 Å². The van der Waals surface area contributed by atoms with Gasteiger partial charge in [0.1, 0.15) is 5.69 Å². The molecular formula is C7H9N3O4S. The monoisotopic (exact) mass is 231 g/mol. The van der Waals surface area contributed by atoms with Gasteiger partial charge in [-0.3, -0.25) is 4.55 Å². The van der Waals surface area contributed by atoms with Crippen LogP contribution in [0.3, 0.4) is 0 Å². The van der Waals surface area contributed by atoms with E-state index in [1.165, 1.54) is 0 Å². The number of nitrogens with two attached hydrogens (primary N) is 1. The second-order valence-corrected chi connectivity index (χ2v) is 3.97. The SMILES string of the molecule is Nc1ccccc1N=NOCS(=O)(=O)O. The van der Waals surface area contributed by atoms with Crippen molar-refractivity contribution in [2.24, 2.45) is 10.4 Å². The predicted octanol–water partition coefficient (Wildman–Crippen LogP) is 1.13. The van der Waals surface area contributed by atoms with Crippen LogP contribution in [0.5, 0.6) is 0 Å². The predicted molar refractivity (Wildman–Crippen MR) is 52.9 cm³/mol. The van der Waals surface area contributed by atoms with Crippen LogP contribution in [0.25, 0.3) is 0 Å². The van der Waals surface area contributed by atoms with Gasteiger partial charge in [0.05, 0.1) is 5.69 Å². The average Bonchev–Trinajstić information content (AvgIpc) is 2.13. The highest BCUT2D eigenvalue weighted by molar-refractivity contribution is 7.85. The molecule has 0 fully saturated rings. The smallest absolute Gasteiger partial charge is 0.303 e. The molecule has 0 heterocycles. The quantitative estimate of drug-likeness (QED) is 0.349. The van der Waals surface area contributed by atoms with Crippen molar-refractivity contribution in [3.63, 3.8) is 0 Å². The van der Waals surface area contributed by atoms with Crippen molar-refractivity contribution in [2.75, 3.05) is 11.7 Å². The van der Waals surface area contributed by atoms with Gasteiger partial charge in [-0.25, -0.2) is 0 Å². The number of hydrogen-bond acceptors (Lipinski definition) is 6. The molecule has 0 aromatic heterocycles. The van der Waals surface area contributed by atoms with Gasteiger partial charge < -0.3 is 10.6 Å². The number of anilines is 1. The van der Waals surface area contributed by atoms with Crippen LogP contribution in [-0.4, -0.2) is 18.9 Å². The summed E-state index contributed by atoms with van der Waals surface area (Å²) in [5.41, 5.74) is 6.25. The topological polar surface area (TPSA) is 114 Å². The van der Waals surface area contributed by atoms with E-state index in [2.05, 4.69) is 15.2 Å². The van der Waals surface area contributed by atoms with Crippen LogP contribution >= 0.6 is 0 Å². The van der Waals surface area contributed by atoms with Crippen LogP contribution in [0.1, 0.15) is 0 Å². The Morgan fingerprint density at radius 2 is 2.07 bits per heavy atom. The normalized spacial score (nSPS) is 11.8. The molecule has 7 nitrogen and oxygen atoms in total. The Morgan fingerprint density at radius 1 is 1.40 bits per heavy atom. The summed E-state index contributed by atoms with van der Waals surface area (Å²) in [7, 11) is -4.20. The van der Waals surface area contributed by atoms with Crippen LogP contribution in [0.4, 0.5) is 11.4 Å². The Bertz CT molecular complexity index is 457. The molecule has 8 heteroatoms. The molecule has 1 rings (SSSR count). The molecule has 0 amide bonds. The van der Waals surface area contributed by atoms with E-state index < -0.39 is 16.1 Å². The zero-order chi connectivity index (χ0) is 11.3. The van der Waals surface area contributed by atoms with Gasteiger partial charge in [-0.05, 0) is 12.1 Å². The third-order valence-corrected chi connectivity index (χ3v) is 1.75. The molecule has 82 valence electrons. The molecule has 0 unspecified atom stereocenters. The summed E-state index contributed by atoms with van der Waals surface area (Å²) in [6, 6.07) is 6.59. The van der Waals surface area contributed by atoms with E-state index >= 15 is 0 Å². The highest BCUT2D eigenvalue weighted by atomic mass is 32.2. The molecular weight excluding hydrogens is 222 g/mol. The fraction of sp³-hybridized carbons (Fsp3) is 0.143. The number of benzene rings is 1. The van der Waals surface area contributed by atoms with Crippen LogP contribution in [-0.2, 0) is 15.0 Å². The van der Waals surface area contributed by atoms with Gasteiger partial charge in [-0.2, -0.15) is 8.42 Å². The van der Waals surface area contributed by atoms with Crippen molar-refractivity contribution >= 4 is 21.5 Å². The molecule has 1 aromatic carbocycles. The Labute approximate surface area is 86.3 Å². The molecule has 15 heavy (non-hydrogen) atoms. The Balaban J connectivity index is 2.56. The molecule has 0 aliphatic heterocycles. The van der Waals surface area contributed by atoms with Gasteiger partial charge in [-0.15, -0.1) is 5.11 Å². The number of para-hydroxylation sites is 1. The lowest BCUT2D eigenvalue weighted by Crippen LogP contribution is -2.04. The highest BCUT2D eigenvalue weighted by Gasteiger charge is 2.03. The molecule has 3 N–H and O–H groups in total. The highest BCUT2D eigenvalue weighted by Crippen LogP contribution is 2.20. The van der Waals surface area contributed by atoms with E-state index in [0.29, 0.717) is 11.4 Å². The van der Waals surface area contributed by atoms with E-state index in [0.717, 1.165) is 0 Å². The Hall–Kier alpha value is -1.67. The van der Waals surface area contributed by atoms with Crippen molar-refractivity contribution in [2.45, 2.75) is 0 Å². The first-order chi connectivity index (χ1) is 6.99. The lowest BCUT2D eigenvalue weighted by Gasteiger charge is -1.96. The molecule has 0 bridgehead atoms. The maximum absolute atomic E-state index is 10.2. The van der Waals surface area contributed by atoms with E-state index in [4.69, 9.17) is 10.3 Å². The largest absolute Gasteiger partial charge is 0.397 e. The van der Waals surface area contributed by atoms with Gasteiger partial charge in [0, 0.05) is 5.28 Å². The summed E-state index contributed by atoms with van der Waals surface area (Å²) in [5.74, 6) is -0.941. The van der Waals surface area contributed by atoms with Gasteiger partial charge in [0.2, 0.25) is 5.94 Å². The fourth-order valence-electron chi connectivity index (χ4n) is 0.742. The van der Waals surface area contributed by atoms with Gasteiger partial charge in [0.25, 0.3) is 0 Å². The van der Waals surface area contributed by atoms with E-state index in [1.807, 2.05) is 0 Å². The standard InChI is InChI=1S/C7H9N3O4S/c8-6-3-1-2-4-7(6)9-10-14-5-15(11,12)13/h1-4H,5,8H2,(H,11,12,13). The number of nitrogens with zero attached hydrogens (tertiary/aromatic N) is 2. The molecule has 0 aliphatic rings. The minimum absolute atomic E-state index is 0.354. The summed E-state index contributed by atoms with van der Waals surface area (Å²) in [5, 5.41) is 6.60. The third-order valence-electron chi connectivity index (χ3n) is 1.34. The maximum Gasteiger partial charge on any atom is 0.303 e. The second-order valence-electron chi connectivity index (χ2n) is 2.57. The zero-order valence-electron chi connectivity index (χ0n) is 7.57. The molecule has 1 aromatic rings. The van der Waals surface area contributed by atoms with Gasteiger partial charge >= 0.3 is 10.1 Å². The van der Waals surface area contributed by atoms with Crippen LogP contribution in [0, 0.1) is 0 Å². The van der Waals surface area contributed by atoms with Crippen molar-refractivity contribution in [1.82, 2.24) is 0 Å². The number of hydrogen-bond donors (Lipinski definition) is 2. The molecule has 0 saturated carbocycles. The first-order valence-corrected chi connectivity index (χ1v) is 5.42. The Morgan fingerprint density at radius 3 is 2.67 bits per heavy atom. The maximum atomic E-state index is 10.2. The average molecular weight is 231 g/mol. The lowest BCUT2D eigenvalue weighted by molar-refractivity contribution is 0.162. The van der Waals surface area contributed by atoms with Crippen LogP contribution in [0.15, 0.2) is 34.7 Å². The van der Waals surface area contributed by atoms with E-state index in [1.54, 1.807) is 24.3 Å². The molecule has 0 saturated heterocycles. The molecule has 0 spiro atoms. The second kappa shape index (κ2) is 4.71. The molecule has 0 atom stereocenters. The Kier molecular flexibility index (Phi) is 3.58. The lowest BCUT2D eigenvalue weighted by atomic mass is 10.3. The fourth-order valence-corrected chi connectivity index (χ4v) is 0.922. The number of nitrogen functional groups attached to an aromatic ring is 1. The van der Waals surface area contributed by atoms with E-state index in [9.17, 15) is 8.42 Å². The van der Waals surface area contributed by atoms with E-state index in [-0.39, 0.29) is 0 Å². The van der Waals surface area contributed by atoms with Crippen molar-refractivity contribution < 1.29 is 17.8 Å². The number of rotatable bonds is 4. The summed E-state index contributed by atoms with van der Waals surface area (Å²) in [6.07, 6.45) is 0. The molecule has 0 aliphatic carbocycles. The van der Waals surface area contributed by atoms with Crippen molar-refractivity contribution in [1.29, 1.82) is 0 Å². The summed E-state index contributed by atoms with van der Waals surface area (Å²) in [6.45, 7) is 0. The molecule has 0 radical (unpaired) electrons. The first kappa shape index (κ1) is 11.4. The van der Waals surface area contributed by atoms with Crippen LogP contribution < -0.4 is 5.73 Å². The summed E-state index contributed by atoms with van der Waals surface area (Å²) >= 11 is 0. The third kappa shape index (κ3) is 4.38. The first-order valence-electron chi connectivity index (χ1n) is 3.82. The summed E-state index contributed by atoms with van der Waals surface area (Å²) < 4.78 is 28.7.